The molecule has 2 heterocycles. The Morgan fingerprint density at radius 2 is 1.92 bits per heavy atom. The van der Waals surface area contributed by atoms with Gasteiger partial charge in [0, 0.05) is 32.2 Å². The molecule has 146 valence electrons. The average molecular weight is 376 g/mol. The van der Waals surface area contributed by atoms with Crippen LogP contribution >= 0.6 is 0 Å². The Labute approximate surface area is 152 Å². The van der Waals surface area contributed by atoms with Crippen LogP contribution in [0.2, 0.25) is 0 Å². The maximum Gasteiger partial charge on any atom is 0.238 e. The molecule has 0 radical (unpaired) electrons. The van der Waals surface area contributed by atoms with E-state index in [-0.39, 0.29) is 17.7 Å². The Morgan fingerprint density at radius 3 is 2.52 bits per heavy atom. The van der Waals surface area contributed by atoms with Crippen LogP contribution in [0.15, 0.2) is 0 Å². The monoisotopic (exact) mass is 375 g/mol. The molecule has 2 rings (SSSR count). The summed E-state index contributed by atoms with van der Waals surface area (Å²) in [4.78, 5) is 15.0. The third kappa shape index (κ3) is 5.39. The van der Waals surface area contributed by atoms with Gasteiger partial charge in [-0.2, -0.15) is 4.31 Å². The van der Waals surface area contributed by atoms with Crippen LogP contribution in [0.1, 0.15) is 40.0 Å². The molecule has 1 N–H and O–H groups in total. The molecular weight excluding hydrogens is 342 g/mol. The lowest BCUT2D eigenvalue weighted by Crippen LogP contribution is -2.53. The largest absolute Gasteiger partial charge is 0.379 e. The zero-order valence-corrected chi connectivity index (χ0v) is 16.6. The van der Waals surface area contributed by atoms with E-state index in [0.717, 1.165) is 32.7 Å². The highest BCUT2D eigenvalue weighted by molar-refractivity contribution is 7.89. The number of ether oxygens (including phenoxy) is 1. The number of morpholine rings is 1. The van der Waals surface area contributed by atoms with E-state index >= 15 is 0 Å². The van der Waals surface area contributed by atoms with Gasteiger partial charge in [0.25, 0.3) is 0 Å². The first-order chi connectivity index (χ1) is 11.9. The van der Waals surface area contributed by atoms with Gasteiger partial charge in [-0.1, -0.05) is 20.8 Å². The van der Waals surface area contributed by atoms with Crippen molar-refractivity contribution < 1.29 is 17.9 Å². The summed E-state index contributed by atoms with van der Waals surface area (Å²) in [5.41, 5.74) is 0. The van der Waals surface area contributed by atoms with Gasteiger partial charge in [-0.05, 0) is 25.2 Å². The summed E-state index contributed by atoms with van der Waals surface area (Å²) in [6.07, 6.45) is 1.93. The number of nitrogens with zero attached hydrogens (tertiary/aromatic N) is 2. The normalized spacial score (nSPS) is 24.6. The standard InChI is InChI=1S/C17H33N3O4S/c1-4-12-25(22,23)20-7-5-6-15(20)17(21)18-13-16(14(2)3)19-8-10-24-11-9-19/h14-16H,4-13H2,1-3H3,(H,18,21). The van der Waals surface area contributed by atoms with Crippen molar-refractivity contribution in [2.75, 3.05) is 45.1 Å². The number of rotatable bonds is 8. The highest BCUT2D eigenvalue weighted by Crippen LogP contribution is 2.22. The Bertz CT molecular complexity index is 532. The number of carbonyl (C=O) groups is 1. The lowest BCUT2D eigenvalue weighted by atomic mass is 10.0. The Morgan fingerprint density at radius 1 is 1.24 bits per heavy atom. The molecule has 1 amide bonds. The Balaban J connectivity index is 1.95. The minimum atomic E-state index is -3.33. The molecule has 0 aliphatic carbocycles. The Kier molecular flexibility index (Phi) is 7.67. The molecule has 2 saturated heterocycles. The minimum Gasteiger partial charge on any atom is -0.379 e. The van der Waals surface area contributed by atoms with E-state index < -0.39 is 16.1 Å². The predicted octanol–water partition coefficient (Wildman–Crippen LogP) is 0.664. The van der Waals surface area contributed by atoms with Gasteiger partial charge >= 0.3 is 0 Å². The second kappa shape index (κ2) is 9.30. The number of amides is 1. The lowest BCUT2D eigenvalue weighted by Gasteiger charge is -2.37. The van der Waals surface area contributed by atoms with E-state index in [0.29, 0.717) is 31.8 Å². The van der Waals surface area contributed by atoms with Gasteiger partial charge in [0.2, 0.25) is 15.9 Å². The first-order valence-corrected chi connectivity index (χ1v) is 11.1. The minimum absolute atomic E-state index is 0.110. The molecular formula is C17H33N3O4S. The van der Waals surface area contributed by atoms with Crippen molar-refractivity contribution in [2.24, 2.45) is 5.92 Å². The molecule has 25 heavy (non-hydrogen) atoms. The highest BCUT2D eigenvalue weighted by atomic mass is 32.2. The first-order valence-electron chi connectivity index (χ1n) is 9.46. The number of carbonyl (C=O) groups excluding carboxylic acids is 1. The topological polar surface area (TPSA) is 79.0 Å². The SMILES string of the molecule is CCCS(=O)(=O)N1CCCC1C(=O)NCC(C(C)C)N1CCOCC1. The number of hydrogen-bond donors (Lipinski definition) is 1. The van der Waals surface area contributed by atoms with E-state index in [2.05, 4.69) is 24.1 Å². The number of sulfonamides is 1. The van der Waals surface area contributed by atoms with Crippen LogP contribution in [-0.2, 0) is 19.6 Å². The quantitative estimate of drug-likeness (QED) is 0.674. The maximum absolute atomic E-state index is 12.7. The molecule has 0 aromatic rings. The van der Waals surface area contributed by atoms with Crippen molar-refractivity contribution in [3.8, 4) is 0 Å². The summed E-state index contributed by atoms with van der Waals surface area (Å²) in [6.45, 7) is 10.4. The van der Waals surface area contributed by atoms with Crippen LogP contribution in [-0.4, -0.2) is 80.8 Å². The molecule has 0 aromatic carbocycles. The summed E-state index contributed by atoms with van der Waals surface area (Å²) in [6, 6.07) is -0.302. The molecule has 7 nitrogen and oxygen atoms in total. The summed E-state index contributed by atoms with van der Waals surface area (Å²) in [7, 11) is -3.33. The molecule has 2 aliphatic heterocycles. The van der Waals surface area contributed by atoms with Crippen molar-refractivity contribution in [1.29, 1.82) is 0 Å². The number of hydrogen-bond acceptors (Lipinski definition) is 5. The lowest BCUT2D eigenvalue weighted by molar-refractivity contribution is -0.124. The fraction of sp³-hybridized carbons (Fsp3) is 0.941. The van der Waals surface area contributed by atoms with Crippen molar-refractivity contribution in [3.63, 3.8) is 0 Å². The van der Waals surface area contributed by atoms with Crippen molar-refractivity contribution in [3.05, 3.63) is 0 Å². The fourth-order valence-electron chi connectivity index (χ4n) is 3.73. The second-order valence-electron chi connectivity index (χ2n) is 7.29. The summed E-state index contributed by atoms with van der Waals surface area (Å²) in [5.74, 6) is 0.358. The van der Waals surface area contributed by atoms with Crippen LogP contribution in [0.25, 0.3) is 0 Å². The molecule has 0 bridgehead atoms. The molecule has 0 spiro atoms. The highest BCUT2D eigenvalue weighted by Gasteiger charge is 2.38. The van der Waals surface area contributed by atoms with Crippen LogP contribution in [0.3, 0.4) is 0 Å². The van der Waals surface area contributed by atoms with Gasteiger partial charge in [0.05, 0.1) is 19.0 Å². The van der Waals surface area contributed by atoms with Crippen molar-refractivity contribution in [1.82, 2.24) is 14.5 Å². The third-order valence-corrected chi connectivity index (χ3v) is 7.17. The van der Waals surface area contributed by atoms with E-state index in [1.807, 2.05) is 6.92 Å². The van der Waals surface area contributed by atoms with E-state index in [1.54, 1.807) is 0 Å². The van der Waals surface area contributed by atoms with E-state index in [4.69, 9.17) is 4.74 Å². The third-order valence-electron chi connectivity index (χ3n) is 5.10. The summed E-state index contributed by atoms with van der Waals surface area (Å²) < 4.78 is 31.5. The first kappa shape index (κ1) is 20.6. The maximum atomic E-state index is 12.7. The molecule has 2 atom stereocenters. The summed E-state index contributed by atoms with van der Waals surface area (Å²) >= 11 is 0. The molecule has 0 saturated carbocycles. The molecule has 8 heteroatoms. The van der Waals surface area contributed by atoms with Gasteiger partial charge < -0.3 is 10.1 Å². The van der Waals surface area contributed by atoms with E-state index in [9.17, 15) is 13.2 Å². The van der Waals surface area contributed by atoms with Gasteiger partial charge in [0.15, 0.2) is 0 Å². The summed E-state index contributed by atoms with van der Waals surface area (Å²) in [5, 5.41) is 3.02. The smallest absolute Gasteiger partial charge is 0.238 e. The number of nitrogens with one attached hydrogen (secondary N) is 1. The van der Waals surface area contributed by atoms with Crippen LogP contribution in [0.5, 0.6) is 0 Å². The van der Waals surface area contributed by atoms with Gasteiger partial charge in [-0.3, -0.25) is 9.69 Å². The average Bonchev–Trinajstić information content (AvgIpc) is 3.06. The second-order valence-corrected chi connectivity index (χ2v) is 9.33. The molecule has 2 aliphatic rings. The molecule has 2 fully saturated rings. The van der Waals surface area contributed by atoms with Gasteiger partial charge in [-0.25, -0.2) is 8.42 Å². The predicted molar refractivity (Wildman–Crippen MR) is 97.8 cm³/mol. The zero-order valence-electron chi connectivity index (χ0n) is 15.7. The van der Waals surface area contributed by atoms with Crippen LogP contribution < -0.4 is 5.32 Å². The molecule has 0 aromatic heterocycles. The van der Waals surface area contributed by atoms with Crippen LogP contribution in [0, 0.1) is 5.92 Å². The van der Waals surface area contributed by atoms with Gasteiger partial charge in [-0.15, -0.1) is 0 Å². The van der Waals surface area contributed by atoms with E-state index in [1.165, 1.54) is 4.31 Å². The van der Waals surface area contributed by atoms with Crippen LogP contribution in [0.4, 0.5) is 0 Å². The van der Waals surface area contributed by atoms with Crippen molar-refractivity contribution >= 4 is 15.9 Å². The molecule has 2 unspecified atom stereocenters. The van der Waals surface area contributed by atoms with Gasteiger partial charge in [0.1, 0.15) is 6.04 Å². The zero-order chi connectivity index (χ0) is 18.4. The fourth-order valence-corrected chi connectivity index (χ4v) is 5.48. The van der Waals surface area contributed by atoms with Crippen molar-refractivity contribution in [2.45, 2.75) is 52.1 Å². The Hall–Kier alpha value is -0.700.